The molecule has 7 nitrogen and oxygen atoms in total. The highest BCUT2D eigenvalue weighted by atomic mass is 16.4. The quantitative estimate of drug-likeness (QED) is 0.469. The number of carboxylic acids is 1. The molecule has 0 aliphatic carbocycles. The van der Waals surface area contributed by atoms with Gasteiger partial charge in [-0.3, -0.25) is 14.4 Å². The number of benzene rings is 3. The second-order valence-corrected chi connectivity index (χ2v) is 8.02. The van der Waals surface area contributed by atoms with Gasteiger partial charge < -0.3 is 20.4 Å². The maximum atomic E-state index is 12.8. The Morgan fingerprint density at radius 1 is 0.824 bits per heavy atom. The van der Waals surface area contributed by atoms with E-state index in [0.717, 1.165) is 27.8 Å². The van der Waals surface area contributed by atoms with Crippen LogP contribution in [-0.4, -0.2) is 46.0 Å². The molecule has 0 atom stereocenters. The van der Waals surface area contributed by atoms with Crippen LogP contribution in [0.1, 0.15) is 12.0 Å². The Bertz CT molecular complexity index is 1230. The average molecular weight is 456 g/mol. The van der Waals surface area contributed by atoms with Crippen LogP contribution in [0.15, 0.2) is 90.2 Å². The van der Waals surface area contributed by atoms with Crippen molar-refractivity contribution in [2.45, 2.75) is 13.0 Å². The summed E-state index contributed by atoms with van der Waals surface area (Å²) < 4.78 is 0. The van der Waals surface area contributed by atoms with Crippen molar-refractivity contribution in [3.05, 3.63) is 95.8 Å². The molecule has 3 aromatic carbocycles. The van der Waals surface area contributed by atoms with Crippen molar-refractivity contribution in [1.29, 1.82) is 0 Å². The third-order valence-electron chi connectivity index (χ3n) is 5.69. The topological polar surface area (TPSA) is 107 Å². The van der Waals surface area contributed by atoms with Crippen LogP contribution in [-0.2, 0) is 20.9 Å². The summed E-state index contributed by atoms with van der Waals surface area (Å²) in [5.41, 5.74) is 4.90. The Hall–Kier alpha value is -4.39. The molecule has 0 fully saturated rings. The number of aliphatic carboxylic acids is 1. The van der Waals surface area contributed by atoms with Crippen LogP contribution in [0.25, 0.3) is 22.3 Å². The fraction of sp³-hybridized carbons (Fsp3) is 0.148. The smallest absolute Gasteiger partial charge is 0.322 e. The molecule has 1 aliphatic heterocycles. The minimum atomic E-state index is -1.23. The normalized spacial score (nSPS) is 13.6. The van der Waals surface area contributed by atoms with Gasteiger partial charge in [-0.05, 0) is 27.8 Å². The largest absolute Gasteiger partial charge is 0.511 e. The van der Waals surface area contributed by atoms with E-state index in [1.54, 1.807) is 0 Å². The predicted octanol–water partition coefficient (Wildman–Crippen LogP) is 3.77. The van der Waals surface area contributed by atoms with E-state index >= 15 is 0 Å². The van der Waals surface area contributed by atoms with Crippen LogP contribution < -0.4 is 5.32 Å². The standard InChI is InChI=1S/C27H24N2O5/c30-23-14-15-29(27(34)25(23)26(33)28-16-24(31)32)17-18-6-8-20(9-7-18)22-12-10-21(11-13-22)19-4-2-1-3-5-19/h1-13,30H,14-17H2,(H,28,33)(H,31,32). The zero-order valence-electron chi connectivity index (χ0n) is 18.4. The summed E-state index contributed by atoms with van der Waals surface area (Å²) in [7, 11) is 0. The average Bonchev–Trinajstić information content (AvgIpc) is 2.86. The number of aliphatic hydroxyl groups is 1. The highest BCUT2D eigenvalue weighted by molar-refractivity contribution is 6.19. The fourth-order valence-corrected chi connectivity index (χ4v) is 3.88. The first-order valence-electron chi connectivity index (χ1n) is 10.9. The lowest BCUT2D eigenvalue weighted by Crippen LogP contribution is -2.43. The third-order valence-corrected chi connectivity index (χ3v) is 5.69. The molecule has 2 amide bonds. The van der Waals surface area contributed by atoms with E-state index in [9.17, 15) is 19.5 Å². The lowest BCUT2D eigenvalue weighted by Gasteiger charge is -2.28. The number of hydrogen-bond donors (Lipinski definition) is 3. The van der Waals surface area contributed by atoms with Crippen LogP contribution in [0.4, 0.5) is 0 Å². The molecule has 3 N–H and O–H groups in total. The molecule has 1 heterocycles. The minimum Gasteiger partial charge on any atom is -0.511 e. The zero-order chi connectivity index (χ0) is 24.1. The van der Waals surface area contributed by atoms with Crippen molar-refractivity contribution in [1.82, 2.24) is 10.2 Å². The maximum absolute atomic E-state index is 12.8. The SMILES string of the molecule is O=C(O)CNC(=O)C1=C(O)CCN(Cc2ccc(-c3ccc(-c4ccccc4)cc3)cc2)C1=O. The van der Waals surface area contributed by atoms with E-state index in [1.807, 2.05) is 42.5 Å². The summed E-state index contributed by atoms with van der Waals surface area (Å²) in [6.45, 7) is -0.0885. The molecule has 34 heavy (non-hydrogen) atoms. The number of carboxylic acid groups (broad SMARTS) is 1. The highest BCUT2D eigenvalue weighted by Gasteiger charge is 2.32. The van der Waals surface area contributed by atoms with Crippen LogP contribution in [0.5, 0.6) is 0 Å². The lowest BCUT2D eigenvalue weighted by molar-refractivity contribution is -0.138. The summed E-state index contributed by atoms with van der Waals surface area (Å²) in [5.74, 6) is -3.06. The predicted molar refractivity (Wildman–Crippen MR) is 128 cm³/mol. The molecule has 7 heteroatoms. The van der Waals surface area contributed by atoms with Crippen LogP contribution >= 0.6 is 0 Å². The number of carbonyl (C=O) groups excluding carboxylic acids is 2. The number of nitrogens with one attached hydrogen (secondary N) is 1. The second kappa shape index (κ2) is 10.0. The molecule has 0 saturated heterocycles. The van der Waals surface area contributed by atoms with Crippen molar-refractivity contribution in [3.8, 4) is 22.3 Å². The number of nitrogens with zero attached hydrogens (tertiary/aromatic N) is 1. The van der Waals surface area contributed by atoms with Crippen LogP contribution in [0.2, 0.25) is 0 Å². The summed E-state index contributed by atoms with van der Waals surface area (Å²) in [6.07, 6.45) is 0.132. The summed E-state index contributed by atoms with van der Waals surface area (Å²) in [4.78, 5) is 37.1. The molecule has 0 radical (unpaired) electrons. The van der Waals surface area contributed by atoms with Gasteiger partial charge >= 0.3 is 5.97 Å². The van der Waals surface area contributed by atoms with Crippen molar-refractivity contribution >= 4 is 17.8 Å². The molecule has 0 bridgehead atoms. The maximum Gasteiger partial charge on any atom is 0.322 e. The number of hydrogen-bond acceptors (Lipinski definition) is 4. The molecule has 3 aromatic rings. The summed E-state index contributed by atoms with van der Waals surface area (Å²) in [6, 6.07) is 26.3. The Labute approximate surface area is 197 Å². The summed E-state index contributed by atoms with van der Waals surface area (Å²) >= 11 is 0. The number of carbonyl (C=O) groups is 3. The van der Waals surface area contributed by atoms with Gasteiger partial charge in [0.1, 0.15) is 17.9 Å². The monoisotopic (exact) mass is 456 g/mol. The van der Waals surface area contributed by atoms with Crippen molar-refractivity contribution in [2.24, 2.45) is 0 Å². The van der Waals surface area contributed by atoms with E-state index < -0.39 is 29.9 Å². The van der Waals surface area contributed by atoms with Crippen LogP contribution in [0, 0.1) is 0 Å². The molecule has 172 valence electrons. The van der Waals surface area contributed by atoms with E-state index in [-0.39, 0.29) is 25.3 Å². The molecule has 4 rings (SSSR count). The summed E-state index contributed by atoms with van der Waals surface area (Å²) in [5, 5.41) is 20.9. The van der Waals surface area contributed by atoms with E-state index in [1.165, 1.54) is 4.90 Å². The van der Waals surface area contributed by atoms with Crippen molar-refractivity contribution < 1.29 is 24.6 Å². The lowest BCUT2D eigenvalue weighted by atomic mass is 9.99. The highest BCUT2D eigenvalue weighted by Crippen LogP contribution is 2.26. The molecular weight excluding hydrogens is 432 g/mol. The van der Waals surface area contributed by atoms with Crippen LogP contribution in [0.3, 0.4) is 0 Å². The third kappa shape index (κ3) is 5.15. The van der Waals surface area contributed by atoms with E-state index in [2.05, 4.69) is 41.7 Å². The van der Waals surface area contributed by atoms with Gasteiger partial charge in [0, 0.05) is 19.5 Å². The molecule has 0 spiro atoms. The van der Waals surface area contributed by atoms with Gasteiger partial charge in [-0.25, -0.2) is 0 Å². The molecule has 0 aromatic heterocycles. The first-order valence-corrected chi connectivity index (χ1v) is 10.9. The Morgan fingerprint density at radius 3 is 1.91 bits per heavy atom. The number of rotatable bonds is 7. The van der Waals surface area contributed by atoms with E-state index in [0.29, 0.717) is 0 Å². The number of aliphatic hydroxyl groups excluding tert-OH is 1. The van der Waals surface area contributed by atoms with Gasteiger partial charge in [0.15, 0.2) is 0 Å². The zero-order valence-corrected chi connectivity index (χ0v) is 18.4. The Kier molecular flexibility index (Phi) is 6.73. The van der Waals surface area contributed by atoms with Gasteiger partial charge in [0.05, 0.1) is 0 Å². The minimum absolute atomic E-state index is 0.132. The second-order valence-electron chi connectivity index (χ2n) is 8.02. The van der Waals surface area contributed by atoms with Crippen molar-refractivity contribution in [2.75, 3.05) is 13.1 Å². The van der Waals surface area contributed by atoms with E-state index in [4.69, 9.17) is 5.11 Å². The van der Waals surface area contributed by atoms with Gasteiger partial charge in [0.2, 0.25) is 0 Å². The van der Waals surface area contributed by atoms with Gasteiger partial charge in [-0.15, -0.1) is 0 Å². The Morgan fingerprint density at radius 2 is 1.35 bits per heavy atom. The van der Waals surface area contributed by atoms with Gasteiger partial charge in [-0.1, -0.05) is 78.9 Å². The Balaban J connectivity index is 1.43. The molecular formula is C27H24N2O5. The molecule has 0 unspecified atom stereocenters. The first kappa shape index (κ1) is 22.8. The molecule has 0 saturated carbocycles. The fourth-order valence-electron chi connectivity index (χ4n) is 3.88. The molecule has 1 aliphatic rings. The van der Waals surface area contributed by atoms with Crippen molar-refractivity contribution in [3.63, 3.8) is 0 Å². The first-order chi connectivity index (χ1) is 16.4. The van der Waals surface area contributed by atoms with Gasteiger partial charge in [-0.2, -0.15) is 0 Å². The number of amides is 2. The van der Waals surface area contributed by atoms with Gasteiger partial charge in [0.25, 0.3) is 11.8 Å².